The number of aliphatic carboxylic acids is 1. The highest BCUT2D eigenvalue weighted by Crippen LogP contribution is 2.64. The number of rotatable bonds is 4. The highest BCUT2D eigenvalue weighted by Gasteiger charge is 2.54. The van der Waals surface area contributed by atoms with Crippen molar-refractivity contribution in [2.75, 3.05) is 0 Å². The molecule has 5 atom stereocenters. The third kappa shape index (κ3) is 3.35. The van der Waals surface area contributed by atoms with Crippen LogP contribution in [-0.4, -0.2) is 11.1 Å². The fraction of sp³-hybridized carbons (Fsp3) is 0.625. The molecule has 1 N–H and O–H groups in total. The lowest BCUT2D eigenvalue weighted by atomic mass is 9.46. The maximum absolute atomic E-state index is 10.7. The molecule has 2 unspecified atom stereocenters. The lowest BCUT2D eigenvalue weighted by Gasteiger charge is -2.58. The quantitative estimate of drug-likeness (QED) is 0.364. The summed E-state index contributed by atoms with van der Waals surface area (Å²) in [4.78, 5) is 10.7. The lowest BCUT2D eigenvalue weighted by molar-refractivity contribution is -0.131. The van der Waals surface area contributed by atoms with Gasteiger partial charge in [0.1, 0.15) is 0 Å². The molecule has 0 radical (unpaired) electrons. The molecule has 2 nitrogen and oxygen atoms in total. The summed E-state index contributed by atoms with van der Waals surface area (Å²) in [6.07, 6.45) is 20.5. The maximum Gasteiger partial charge on any atom is 0.328 e. The minimum atomic E-state index is -0.883. The summed E-state index contributed by atoms with van der Waals surface area (Å²) < 4.78 is 0. The van der Waals surface area contributed by atoms with Crippen LogP contribution in [0, 0.1) is 28.1 Å². The van der Waals surface area contributed by atoms with Gasteiger partial charge in [0, 0.05) is 6.08 Å². The van der Waals surface area contributed by atoms with E-state index in [4.69, 9.17) is 5.11 Å². The number of fused-ring (bicyclic) bond motifs is 3. The molecule has 2 saturated carbocycles. The summed E-state index contributed by atoms with van der Waals surface area (Å²) in [5.41, 5.74) is 2.42. The van der Waals surface area contributed by atoms with Gasteiger partial charge in [-0.2, -0.15) is 0 Å². The largest absolute Gasteiger partial charge is 0.478 e. The Kier molecular flexibility index (Phi) is 5.07. The molecule has 0 aliphatic heterocycles. The van der Waals surface area contributed by atoms with Crippen LogP contribution in [-0.2, 0) is 4.79 Å². The zero-order chi connectivity index (χ0) is 19.0. The maximum atomic E-state index is 10.7. The molecule has 3 rings (SSSR count). The molecule has 2 heteroatoms. The first-order chi connectivity index (χ1) is 12.2. The summed E-state index contributed by atoms with van der Waals surface area (Å²) in [6, 6.07) is 0. The summed E-state index contributed by atoms with van der Waals surface area (Å²) in [6.45, 7) is 11.3. The van der Waals surface area contributed by atoms with Crippen LogP contribution in [0.4, 0.5) is 0 Å². The molecule has 3 aliphatic rings. The second-order valence-corrected chi connectivity index (χ2v) is 9.59. The number of carboxylic acid groups (broad SMARTS) is 1. The Balaban J connectivity index is 1.88. The standard InChI is InChI=1S/C24H34O2/c1-5-22(2)16-12-19-18(17-22)10-11-20-23(3,13-7-6-9-21(25)26)14-8-15-24(19,20)4/h5-7,9,12-13,18,20H,1,8,10-11,14-17H2,2-4H3,(H,25,26)/b9-6+,13-7-/t18?,20?,22-,23+,24-/m0/s1. The highest BCUT2D eigenvalue weighted by atomic mass is 16.4. The van der Waals surface area contributed by atoms with Gasteiger partial charge in [0.15, 0.2) is 0 Å². The fourth-order valence-electron chi connectivity index (χ4n) is 6.28. The van der Waals surface area contributed by atoms with Crippen molar-refractivity contribution in [1.29, 1.82) is 0 Å². The summed E-state index contributed by atoms with van der Waals surface area (Å²) in [5.74, 6) is 0.478. The predicted octanol–water partition coefficient (Wildman–Crippen LogP) is 6.32. The van der Waals surface area contributed by atoms with Crippen molar-refractivity contribution in [2.24, 2.45) is 28.1 Å². The Labute approximate surface area is 158 Å². The molecule has 3 aliphatic carbocycles. The number of carboxylic acids is 1. The molecule has 0 saturated heterocycles. The van der Waals surface area contributed by atoms with Crippen molar-refractivity contribution in [3.05, 3.63) is 48.6 Å². The van der Waals surface area contributed by atoms with E-state index in [1.54, 1.807) is 11.6 Å². The topological polar surface area (TPSA) is 37.3 Å². The molecule has 2 fully saturated rings. The van der Waals surface area contributed by atoms with E-state index in [9.17, 15) is 4.79 Å². The molecule has 0 heterocycles. The van der Waals surface area contributed by atoms with E-state index in [-0.39, 0.29) is 10.8 Å². The van der Waals surface area contributed by atoms with Crippen molar-refractivity contribution >= 4 is 5.97 Å². The Bertz CT molecular complexity index is 670. The number of allylic oxidation sites excluding steroid dienone is 6. The highest BCUT2D eigenvalue weighted by molar-refractivity contribution is 5.80. The molecule has 0 spiro atoms. The molecule has 0 bridgehead atoms. The van der Waals surface area contributed by atoms with Crippen LogP contribution in [0.2, 0.25) is 0 Å². The van der Waals surface area contributed by atoms with Crippen molar-refractivity contribution in [3.8, 4) is 0 Å². The van der Waals surface area contributed by atoms with E-state index in [0.717, 1.165) is 6.42 Å². The van der Waals surface area contributed by atoms with E-state index in [2.05, 4.69) is 45.6 Å². The third-order valence-corrected chi connectivity index (χ3v) is 7.70. The van der Waals surface area contributed by atoms with Crippen LogP contribution in [0.3, 0.4) is 0 Å². The van der Waals surface area contributed by atoms with Gasteiger partial charge in [-0.3, -0.25) is 0 Å². The molecule has 0 aromatic heterocycles. The number of hydrogen-bond donors (Lipinski definition) is 1. The fourth-order valence-corrected chi connectivity index (χ4v) is 6.28. The molecule has 142 valence electrons. The minimum absolute atomic E-state index is 0.154. The van der Waals surface area contributed by atoms with Crippen molar-refractivity contribution in [2.45, 2.75) is 65.7 Å². The van der Waals surface area contributed by atoms with Gasteiger partial charge >= 0.3 is 5.97 Å². The van der Waals surface area contributed by atoms with Crippen LogP contribution in [0.5, 0.6) is 0 Å². The number of hydrogen-bond acceptors (Lipinski definition) is 1. The SMILES string of the molecule is C=C[C@@]1(C)CC=C2C(CCC3[C@@]2(C)CCC[C@@]3(C)/C=C\C=C\C(=O)O)C1. The smallest absolute Gasteiger partial charge is 0.328 e. The van der Waals surface area contributed by atoms with Gasteiger partial charge in [-0.1, -0.05) is 63.1 Å². The van der Waals surface area contributed by atoms with Gasteiger partial charge in [0.05, 0.1) is 0 Å². The Hall–Kier alpha value is -1.57. The minimum Gasteiger partial charge on any atom is -0.478 e. The van der Waals surface area contributed by atoms with Crippen molar-refractivity contribution in [1.82, 2.24) is 0 Å². The van der Waals surface area contributed by atoms with Gasteiger partial charge in [0.2, 0.25) is 0 Å². The predicted molar refractivity (Wildman–Crippen MR) is 108 cm³/mol. The Morgan fingerprint density at radius 3 is 2.69 bits per heavy atom. The summed E-state index contributed by atoms with van der Waals surface area (Å²) in [7, 11) is 0. The van der Waals surface area contributed by atoms with E-state index in [0.29, 0.717) is 17.3 Å². The molecule has 26 heavy (non-hydrogen) atoms. The first kappa shape index (κ1) is 19.2. The normalized spacial score (nSPS) is 43.0. The number of carbonyl (C=O) groups is 1. The van der Waals surface area contributed by atoms with E-state index < -0.39 is 5.97 Å². The average Bonchev–Trinajstić information content (AvgIpc) is 2.58. The molecular weight excluding hydrogens is 320 g/mol. The van der Waals surface area contributed by atoms with E-state index in [1.807, 2.05) is 6.08 Å². The van der Waals surface area contributed by atoms with Crippen LogP contribution in [0.1, 0.15) is 65.7 Å². The Morgan fingerprint density at radius 2 is 2.00 bits per heavy atom. The molecular formula is C24H34O2. The first-order valence-electron chi connectivity index (χ1n) is 10.2. The Morgan fingerprint density at radius 1 is 1.23 bits per heavy atom. The first-order valence-corrected chi connectivity index (χ1v) is 10.2. The lowest BCUT2D eigenvalue weighted by Crippen LogP contribution is -2.49. The van der Waals surface area contributed by atoms with Crippen LogP contribution in [0.15, 0.2) is 48.6 Å². The third-order valence-electron chi connectivity index (χ3n) is 7.70. The van der Waals surface area contributed by atoms with Gasteiger partial charge in [0.25, 0.3) is 0 Å². The van der Waals surface area contributed by atoms with Gasteiger partial charge < -0.3 is 5.11 Å². The monoisotopic (exact) mass is 354 g/mol. The van der Waals surface area contributed by atoms with Crippen LogP contribution < -0.4 is 0 Å². The second-order valence-electron chi connectivity index (χ2n) is 9.59. The zero-order valence-electron chi connectivity index (χ0n) is 16.6. The zero-order valence-corrected chi connectivity index (χ0v) is 16.6. The van der Waals surface area contributed by atoms with Gasteiger partial charge in [-0.15, -0.1) is 6.58 Å². The molecule has 0 aromatic rings. The molecule has 0 amide bonds. The van der Waals surface area contributed by atoms with Gasteiger partial charge in [-0.25, -0.2) is 4.79 Å². The van der Waals surface area contributed by atoms with Crippen LogP contribution >= 0.6 is 0 Å². The van der Waals surface area contributed by atoms with E-state index in [1.165, 1.54) is 44.6 Å². The summed E-state index contributed by atoms with van der Waals surface area (Å²) in [5, 5.41) is 8.80. The van der Waals surface area contributed by atoms with Crippen molar-refractivity contribution < 1.29 is 9.90 Å². The molecule has 0 aromatic carbocycles. The second kappa shape index (κ2) is 6.87. The van der Waals surface area contributed by atoms with E-state index >= 15 is 0 Å². The van der Waals surface area contributed by atoms with Crippen LogP contribution in [0.25, 0.3) is 0 Å². The van der Waals surface area contributed by atoms with Gasteiger partial charge in [-0.05, 0) is 66.6 Å². The summed E-state index contributed by atoms with van der Waals surface area (Å²) >= 11 is 0. The average molecular weight is 355 g/mol. The van der Waals surface area contributed by atoms with Crippen molar-refractivity contribution in [3.63, 3.8) is 0 Å².